The standard InChI is InChI=1S/C9H13N3O6S/c13-8(14)3-1-2-6(9(15)16)12-19(17,18)7-4-10-5-11-7/h4-6,12H,1-3H2,(H,10,11)(H,13,14)(H,15,16)/t6-/m1/s1. The maximum absolute atomic E-state index is 11.7. The predicted molar refractivity (Wildman–Crippen MR) is 61.8 cm³/mol. The van der Waals surface area contributed by atoms with Gasteiger partial charge in [0.1, 0.15) is 6.04 Å². The molecule has 106 valence electrons. The topological polar surface area (TPSA) is 149 Å². The monoisotopic (exact) mass is 291 g/mol. The summed E-state index contributed by atoms with van der Waals surface area (Å²) in [5, 5.41) is 17.1. The molecule has 19 heavy (non-hydrogen) atoms. The molecule has 0 spiro atoms. The number of carbonyl (C=O) groups is 2. The summed E-state index contributed by atoms with van der Waals surface area (Å²) >= 11 is 0. The predicted octanol–water partition coefficient (Wildman–Crippen LogP) is -0.604. The lowest BCUT2D eigenvalue weighted by atomic mass is 10.1. The highest BCUT2D eigenvalue weighted by molar-refractivity contribution is 7.89. The fourth-order valence-corrected chi connectivity index (χ4v) is 2.46. The largest absolute Gasteiger partial charge is 0.481 e. The third-order valence-corrected chi connectivity index (χ3v) is 3.64. The molecule has 0 unspecified atom stereocenters. The minimum Gasteiger partial charge on any atom is -0.481 e. The Morgan fingerprint density at radius 3 is 2.58 bits per heavy atom. The van der Waals surface area contributed by atoms with E-state index in [0.717, 1.165) is 12.5 Å². The second-order valence-electron chi connectivity index (χ2n) is 3.71. The molecular formula is C9H13N3O6S. The molecule has 9 nitrogen and oxygen atoms in total. The van der Waals surface area contributed by atoms with Crippen molar-refractivity contribution in [3.63, 3.8) is 0 Å². The quantitative estimate of drug-likeness (QED) is 0.499. The van der Waals surface area contributed by atoms with Gasteiger partial charge >= 0.3 is 11.9 Å². The second-order valence-corrected chi connectivity index (χ2v) is 5.40. The molecule has 0 radical (unpaired) electrons. The number of carboxylic acid groups (broad SMARTS) is 2. The molecule has 0 amide bonds. The summed E-state index contributed by atoms with van der Waals surface area (Å²) in [4.78, 5) is 27.1. The van der Waals surface area contributed by atoms with Crippen molar-refractivity contribution in [1.29, 1.82) is 0 Å². The number of hydrogen-bond acceptors (Lipinski definition) is 5. The Labute approximate surface area is 108 Å². The van der Waals surface area contributed by atoms with Gasteiger partial charge in [0, 0.05) is 6.42 Å². The van der Waals surface area contributed by atoms with Gasteiger partial charge in [-0.1, -0.05) is 0 Å². The summed E-state index contributed by atoms with van der Waals surface area (Å²) in [5.41, 5.74) is 0. The molecule has 1 heterocycles. The Morgan fingerprint density at radius 2 is 2.11 bits per heavy atom. The SMILES string of the molecule is O=C(O)CCC[C@@H](NS(=O)(=O)c1cnc[nH]1)C(=O)O. The molecule has 0 aliphatic carbocycles. The summed E-state index contributed by atoms with van der Waals surface area (Å²) in [6, 6.07) is -1.38. The second kappa shape index (κ2) is 6.29. The highest BCUT2D eigenvalue weighted by atomic mass is 32.2. The van der Waals surface area contributed by atoms with E-state index >= 15 is 0 Å². The summed E-state index contributed by atoms with van der Waals surface area (Å²) in [6.07, 6.45) is 1.90. The minimum absolute atomic E-state index is 0.0534. The average Bonchev–Trinajstić information content (AvgIpc) is 2.80. The first kappa shape index (κ1) is 15.1. The normalized spacial score (nSPS) is 13.1. The van der Waals surface area contributed by atoms with E-state index in [9.17, 15) is 18.0 Å². The lowest BCUT2D eigenvalue weighted by Crippen LogP contribution is -2.40. The number of imidazole rings is 1. The van der Waals surface area contributed by atoms with E-state index in [1.54, 1.807) is 0 Å². The molecule has 0 saturated heterocycles. The number of nitrogens with zero attached hydrogens (tertiary/aromatic N) is 1. The fourth-order valence-electron chi connectivity index (χ4n) is 1.33. The zero-order chi connectivity index (χ0) is 14.5. The fraction of sp³-hybridized carbons (Fsp3) is 0.444. The van der Waals surface area contributed by atoms with Crippen LogP contribution in [0.25, 0.3) is 0 Å². The summed E-state index contributed by atoms with van der Waals surface area (Å²) in [5.74, 6) is -2.44. The molecule has 1 rings (SSSR count). The maximum atomic E-state index is 11.7. The van der Waals surface area contributed by atoms with Crippen LogP contribution in [0.1, 0.15) is 19.3 Å². The highest BCUT2D eigenvalue weighted by Crippen LogP contribution is 2.08. The van der Waals surface area contributed by atoms with Crippen LogP contribution in [0.5, 0.6) is 0 Å². The van der Waals surface area contributed by atoms with Crippen molar-refractivity contribution in [2.75, 3.05) is 0 Å². The zero-order valence-electron chi connectivity index (χ0n) is 9.74. The van der Waals surface area contributed by atoms with E-state index in [1.807, 2.05) is 4.72 Å². The van der Waals surface area contributed by atoms with E-state index in [1.165, 1.54) is 0 Å². The van der Waals surface area contributed by atoms with E-state index in [0.29, 0.717) is 0 Å². The first-order valence-electron chi connectivity index (χ1n) is 5.28. The van der Waals surface area contributed by atoms with Crippen LogP contribution in [0.2, 0.25) is 0 Å². The highest BCUT2D eigenvalue weighted by Gasteiger charge is 2.26. The molecule has 1 aromatic heterocycles. The van der Waals surface area contributed by atoms with Gasteiger partial charge in [0.25, 0.3) is 10.0 Å². The van der Waals surface area contributed by atoms with Crippen molar-refractivity contribution in [3.05, 3.63) is 12.5 Å². The molecule has 1 atom stereocenters. The van der Waals surface area contributed by atoms with Crippen molar-refractivity contribution < 1.29 is 28.2 Å². The Hall–Kier alpha value is -1.94. The van der Waals surface area contributed by atoms with Crippen LogP contribution in [0, 0.1) is 0 Å². The molecule has 1 aromatic rings. The van der Waals surface area contributed by atoms with Gasteiger partial charge in [0.15, 0.2) is 5.03 Å². The average molecular weight is 291 g/mol. The molecule has 0 aliphatic heterocycles. The van der Waals surface area contributed by atoms with Crippen molar-refractivity contribution in [2.45, 2.75) is 30.3 Å². The number of aromatic amines is 1. The summed E-state index contributed by atoms with van der Waals surface area (Å²) in [6.45, 7) is 0. The number of carboxylic acids is 2. The number of sulfonamides is 1. The van der Waals surface area contributed by atoms with Gasteiger partial charge in [0.2, 0.25) is 0 Å². The van der Waals surface area contributed by atoms with Gasteiger partial charge in [-0.15, -0.1) is 0 Å². The van der Waals surface area contributed by atoms with Crippen LogP contribution < -0.4 is 4.72 Å². The van der Waals surface area contributed by atoms with E-state index in [2.05, 4.69) is 9.97 Å². The number of aliphatic carboxylic acids is 2. The number of aromatic nitrogens is 2. The van der Waals surface area contributed by atoms with Gasteiger partial charge in [-0.3, -0.25) is 9.59 Å². The van der Waals surface area contributed by atoms with E-state index in [-0.39, 0.29) is 24.3 Å². The molecule has 0 bridgehead atoms. The lowest BCUT2D eigenvalue weighted by molar-refractivity contribution is -0.140. The van der Waals surface area contributed by atoms with Gasteiger partial charge in [-0.2, -0.15) is 4.72 Å². The Balaban J connectivity index is 2.68. The smallest absolute Gasteiger partial charge is 0.321 e. The molecule has 4 N–H and O–H groups in total. The van der Waals surface area contributed by atoms with Gasteiger partial charge in [-0.25, -0.2) is 13.4 Å². The third-order valence-electron chi connectivity index (χ3n) is 2.24. The molecule has 0 aromatic carbocycles. The molecule has 0 fully saturated rings. The zero-order valence-corrected chi connectivity index (χ0v) is 10.6. The third kappa shape index (κ3) is 4.67. The first-order valence-corrected chi connectivity index (χ1v) is 6.76. The van der Waals surface area contributed by atoms with Crippen LogP contribution in [0.3, 0.4) is 0 Å². The lowest BCUT2D eigenvalue weighted by Gasteiger charge is -2.13. The van der Waals surface area contributed by atoms with E-state index in [4.69, 9.17) is 10.2 Å². The summed E-state index contributed by atoms with van der Waals surface area (Å²) in [7, 11) is -4.01. The minimum atomic E-state index is -4.01. The van der Waals surface area contributed by atoms with Crippen molar-refractivity contribution >= 4 is 22.0 Å². The number of rotatable bonds is 8. The van der Waals surface area contributed by atoms with Crippen LogP contribution in [-0.2, 0) is 19.6 Å². The van der Waals surface area contributed by atoms with Crippen molar-refractivity contribution in [2.24, 2.45) is 0 Å². The van der Waals surface area contributed by atoms with Crippen LogP contribution in [0.4, 0.5) is 0 Å². The van der Waals surface area contributed by atoms with Gasteiger partial charge in [-0.05, 0) is 12.8 Å². The van der Waals surface area contributed by atoms with Crippen LogP contribution >= 0.6 is 0 Å². The Morgan fingerprint density at radius 1 is 1.42 bits per heavy atom. The summed E-state index contributed by atoms with van der Waals surface area (Å²) < 4.78 is 25.5. The Kier molecular flexibility index (Phi) is 5.01. The maximum Gasteiger partial charge on any atom is 0.321 e. The number of hydrogen-bond donors (Lipinski definition) is 4. The van der Waals surface area contributed by atoms with Gasteiger partial charge < -0.3 is 15.2 Å². The van der Waals surface area contributed by atoms with Crippen LogP contribution in [0.15, 0.2) is 17.6 Å². The molecule has 0 saturated carbocycles. The van der Waals surface area contributed by atoms with Crippen molar-refractivity contribution in [3.8, 4) is 0 Å². The molecule has 0 aliphatic rings. The number of nitrogens with one attached hydrogen (secondary N) is 2. The molecular weight excluding hydrogens is 278 g/mol. The van der Waals surface area contributed by atoms with Crippen LogP contribution in [-0.4, -0.2) is 46.6 Å². The first-order chi connectivity index (χ1) is 8.83. The van der Waals surface area contributed by atoms with Gasteiger partial charge in [0.05, 0.1) is 12.5 Å². The van der Waals surface area contributed by atoms with E-state index < -0.39 is 28.0 Å². The Bertz CT molecular complexity index is 538. The number of H-pyrrole nitrogens is 1. The van der Waals surface area contributed by atoms with Crippen molar-refractivity contribution in [1.82, 2.24) is 14.7 Å². The molecule has 10 heteroatoms.